The fourth-order valence-electron chi connectivity index (χ4n) is 11.4. The standard InChI is InChI=1S/3C19H16N6O.C18H15N7O/c20-18-9-16(15-3-1-2-4-17(15)23-18)13-10-22-25(11-13)14-7-5-12(6-8-14)19(21)24-26;20-18-11-15(14-3-1-2-4-16(14)22-18)17-9-10-25(23-17)13-7-5-12(6-8-13)19(21)24-26;20-18(24-26)12-5-7-13(8-6-12)25-10-9-17(23-25)16-11-22-19(21)15-4-2-1-3-14(15)16;19-17(23-26)11-5-7-12(8-6-11)25-10-16(22-24-25)15-9-21-18(20)14-4-2-1-3-13(14)15/h1-11,26H,(H2,20,23)(H2,21,24);1-11,26H,(H2,20,22)(H2,21,24);1-11,26H,(H2,20,24)(H2,21,22);1-10,26H,(H2,19,23)(H2,20,21). The number of nitrogen functional groups attached to an aromatic ring is 4. The average molecular weight is 1380 g/mol. The molecular weight excluding hydrogens is 1310 g/mol. The third-order valence-electron chi connectivity index (χ3n) is 16.7. The van der Waals surface area contributed by atoms with E-state index in [-0.39, 0.29) is 23.3 Å². The first-order valence-corrected chi connectivity index (χ1v) is 31.7. The number of rotatable bonds is 12. The molecule has 29 nitrogen and oxygen atoms in total. The van der Waals surface area contributed by atoms with E-state index in [2.05, 4.69) is 66.2 Å². The second kappa shape index (κ2) is 29.7. The predicted octanol–water partition coefficient (Wildman–Crippen LogP) is 10.5. The fraction of sp³-hybridized carbons (Fsp3) is 0. The summed E-state index contributed by atoms with van der Waals surface area (Å²) in [5.74, 6) is 2.16. The molecule has 0 aliphatic rings. The van der Waals surface area contributed by atoms with E-state index in [1.54, 1.807) is 85.8 Å². The Hall–Kier alpha value is -15.6. The summed E-state index contributed by atoms with van der Waals surface area (Å²) in [6.45, 7) is 0. The number of nitrogens with two attached hydrogens (primary N) is 8. The van der Waals surface area contributed by atoms with E-state index in [4.69, 9.17) is 66.7 Å². The summed E-state index contributed by atoms with van der Waals surface area (Å²) in [7, 11) is 0. The summed E-state index contributed by atoms with van der Waals surface area (Å²) >= 11 is 0. The zero-order chi connectivity index (χ0) is 72.4. The van der Waals surface area contributed by atoms with E-state index < -0.39 is 0 Å². The van der Waals surface area contributed by atoms with Crippen molar-refractivity contribution in [3.05, 3.63) is 284 Å². The first-order valence-electron chi connectivity index (χ1n) is 31.7. The normalized spacial score (nSPS) is 11.8. The minimum absolute atomic E-state index is 0.0512. The van der Waals surface area contributed by atoms with Gasteiger partial charge in [-0.3, -0.25) is 0 Å². The largest absolute Gasteiger partial charge is 0.409 e. The lowest BCUT2D eigenvalue weighted by atomic mass is 10.0. The zero-order valence-electron chi connectivity index (χ0n) is 54.8. The highest BCUT2D eigenvalue weighted by Crippen LogP contribution is 2.34. The Balaban J connectivity index is 0.000000123. The number of benzene rings is 8. The van der Waals surface area contributed by atoms with Crippen molar-refractivity contribution in [1.29, 1.82) is 0 Å². The van der Waals surface area contributed by atoms with Gasteiger partial charge in [0.15, 0.2) is 23.3 Å². The van der Waals surface area contributed by atoms with E-state index in [1.807, 2.05) is 195 Å². The van der Waals surface area contributed by atoms with Crippen LogP contribution in [-0.2, 0) is 0 Å². The molecule has 0 bridgehead atoms. The van der Waals surface area contributed by atoms with E-state index >= 15 is 0 Å². The van der Waals surface area contributed by atoms with Crippen molar-refractivity contribution in [3.8, 4) is 67.6 Å². The van der Waals surface area contributed by atoms with Crippen molar-refractivity contribution in [2.75, 3.05) is 22.9 Å². The molecule has 29 heteroatoms. The third kappa shape index (κ3) is 14.3. The second-order valence-corrected chi connectivity index (χ2v) is 23.1. The Kier molecular flexibility index (Phi) is 19.1. The van der Waals surface area contributed by atoms with E-state index in [9.17, 15) is 0 Å². The molecular formula is C75H63N25O4. The van der Waals surface area contributed by atoms with Gasteiger partial charge in [0.2, 0.25) is 0 Å². The van der Waals surface area contributed by atoms with Crippen molar-refractivity contribution in [3.63, 3.8) is 0 Å². The smallest absolute Gasteiger partial charge is 0.170 e. The lowest BCUT2D eigenvalue weighted by Gasteiger charge is -2.06. The summed E-state index contributed by atoms with van der Waals surface area (Å²) < 4.78 is 6.93. The van der Waals surface area contributed by atoms with Gasteiger partial charge < -0.3 is 66.7 Å². The van der Waals surface area contributed by atoms with Crippen LogP contribution in [0.5, 0.6) is 0 Å². The van der Waals surface area contributed by atoms with Crippen LogP contribution in [0.25, 0.3) is 111 Å². The Labute approximate surface area is 590 Å². The van der Waals surface area contributed by atoms with Crippen LogP contribution in [-0.4, -0.2) is 108 Å². The highest BCUT2D eigenvalue weighted by Gasteiger charge is 2.17. The van der Waals surface area contributed by atoms with Gasteiger partial charge in [-0.2, -0.15) is 15.3 Å². The summed E-state index contributed by atoms with van der Waals surface area (Å²) in [6, 6.07) is 67.7. The molecule has 0 aliphatic carbocycles. The number of anilines is 4. The molecule has 0 unspecified atom stereocenters. The topological polar surface area (TPSA) is 474 Å². The zero-order valence-corrected chi connectivity index (χ0v) is 54.8. The third-order valence-corrected chi connectivity index (χ3v) is 16.7. The molecule has 0 aliphatic heterocycles. The van der Waals surface area contributed by atoms with Crippen molar-refractivity contribution in [2.45, 2.75) is 0 Å². The Morgan fingerprint density at radius 3 is 1.12 bits per heavy atom. The highest BCUT2D eigenvalue weighted by atomic mass is 16.4. The molecule has 0 radical (unpaired) electrons. The van der Waals surface area contributed by atoms with Crippen molar-refractivity contribution < 1.29 is 20.8 Å². The number of hydrogen-bond acceptors (Lipinski definition) is 21. The Bertz CT molecular complexity index is 5550. The second-order valence-electron chi connectivity index (χ2n) is 23.1. The van der Waals surface area contributed by atoms with Gasteiger partial charge in [-0.1, -0.05) is 111 Å². The van der Waals surface area contributed by atoms with Gasteiger partial charge in [0.1, 0.15) is 29.0 Å². The maximum Gasteiger partial charge on any atom is 0.170 e. The van der Waals surface area contributed by atoms with Gasteiger partial charge in [0.05, 0.1) is 57.6 Å². The molecule has 20 N–H and O–H groups in total. The number of nitrogens with zero attached hydrogens (tertiary/aromatic N) is 17. The highest BCUT2D eigenvalue weighted by molar-refractivity contribution is 6.03. The van der Waals surface area contributed by atoms with Crippen LogP contribution in [0.3, 0.4) is 0 Å². The maximum atomic E-state index is 8.74. The number of fused-ring (bicyclic) bond motifs is 4. The molecule has 0 atom stereocenters. The number of aromatic nitrogens is 13. The van der Waals surface area contributed by atoms with Crippen molar-refractivity contribution in [2.24, 2.45) is 43.6 Å². The number of amidine groups is 4. The summed E-state index contributed by atoms with van der Waals surface area (Å²) in [5, 5.41) is 74.9. The van der Waals surface area contributed by atoms with E-state index in [0.29, 0.717) is 51.2 Å². The minimum atomic E-state index is 0.0512. The molecule has 0 fully saturated rings. The van der Waals surface area contributed by atoms with Crippen LogP contribution < -0.4 is 45.9 Å². The van der Waals surface area contributed by atoms with Crippen molar-refractivity contribution >= 4 is 90.0 Å². The molecule has 104 heavy (non-hydrogen) atoms. The summed E-state index contributed by atoms with van der Waals surface area (Å²) in [4.78, 5) is 17.3. The Morgan fingerprint density at radius 2 is 0.692 bits per heavy atom. The van der Waals surface area contributed by atoms with E-state index in [0.717, 1.165) is 105 Å². The first-order chi connectivity index (χ1) is 50.6. The average Bonchev–Trinajstić information content (AvgIpc) is 1.35. The SMILES string of the molecule is NC(=NO)c1ccc(-n2cc(-c3cc(N)nc4ccccc34)cn2)cc1.NC(=NO)c1ccc(-n2cc(-c3cnc(N)c4ccccc34)nn2)cc1.NC(=NO)c1ccc(-n2ccc(-c3cc(N)nc4ccccc34)n2)cc1.NC(=NO)c1ccc(-n2ccc(-c3cnc(N)c4ccccc34)n2)cc1. The molecule has 8 aromatic heterocycles. The summed E-state index contributed by atoms with van der Waals surface area (Å²) in [5.41, 5.74) is 60.7. The van der Waals surface area contributed by atoms with Gasteiger partial charge in [0.25, 0.3) is 0 Å². The Morgan fingerprint density at radius 1 is 0.337 bits per heavy atom. The van der Waals surface area contributed by atoms with Crippen molar-refractivity contribution in [1.82, 2.24) is 64.3 Å². The van der Waals surface area contributed by atoms with Gasteiger partial charge in [-0.05, 0) is 150 Å². The number of para-hydroxylation sites is 2. The quantitative estimate of drug-likeness (QED) is 0.0234. The van der Waals surface area contributed by atoms with Crippen LogP contribution in [0.4, 0.5) is 23.3 Å². The predicted molar refractivity (Wildman–Crippen MR) is 403 cm³/mol. The molecule has 16 aromatic rings. The number of oxime groups is 4. The molecule has 8 aromatic carbocycles. The van der Waals surface area contributed by atoms with Crippen LogP contribution in [0, 0.1) is 0 Å². The van der Waals surface area contributed by atoms with Gasteiger partial charge in [-0.15, -0.1) is 5.10 Å². The number of hydrogen-bond donors (Lipinski definition) is 12. The van der Waals surface area contributed by atoms with Crippen LogP contribution in [0.2, 0.25) is 0 Å². The van der Waals surface area contributed by atoms with Crippen LogP contribution >= 0.6 is 0 Å². The van der Waals surface area contributed by atoms with Crippen LogP contribution in [0.15, 0.2) is 282 Å². The maximum absolute atomic E-state index is 8.74. The van der Waals surface area contributed by atoms with Crippen LogP contribution in [0.1, 0.15) is 22.3 Å². The lowest BCUT2D eigenvalue weighted by Crippen LogP contribution is -2.12. The molecule has 512 valence electrons. The molecule has 0 spiro atoms. The lowest BCUT2D eigenvalue weighted by molar-refractivity contribution is 0.318. The van der Waals surface area contributed by atoms with E-state index in [1.165, 1.54) is 0 Å². The molecule has 0 saturated carbocycles. The van der Waals surface area contributed by atoms with Gasteiger partial charge in [0, 0.05) is 97.0 Å². The molecule has 0 saturated heterocycles. The van der Waals surface area contributed by atoms with Gasteiger partial charge >= 0.3 is 0 Å². The monoisotopic (exact) mass is 1380 g/mol. The molecule has 0 amide bonds. The minimum Gasteiger partial charge on any atom is -0.409 e. The molecule has 8 heterocycles. The summed E-state index contributed by atoms with van der Waals surface area (Å²) in [6.07, 6.45) is 12.7. The first kappa shape index (κ1) is 67.0. The van der Waals surface area contributed by atoms with Gasteiger partial charge in [-0.25, -0.2) is 38.7 Å². The fourth-order valence-corrected chi connectivity index (χ4v) is 11.4. The molecule has 16 rings (SSSR count). The number of pyridine rings is 4.